The van der Waals surface area contributed by atoms with Crippen LogP contribution in [0.1, 0.15) is 24.2 Å². The third kappa shape index (κ3) is 4.44. The molecule has 0 spiro atoms. The lowest BCUT2D eigenvalue weighted by molar-refractivity contribution is 0.0926. The number of nitrogens with zero attached hydrogens (tertiary/aromatic N) is 1. The van der Waals surface area contributed by atoms with Crippen molar-refractivity contribution in [3.05, 3.63) is 23.8 Å². The molecule has 0 aliphatic carbocycles. The maximum Gasteiger partial charge on any atom is 0.255 e. The topological polar surface area (TPSA) is 72.8 Å². The number of aromatic hydroxyl groups is 2. The van der Waals surface area contributed by atoms with E-state index < -0.39 is 0 Å². The molecule has 3 N–H and O–H groups in total. The maximum atomic E-state index is 12.0. The highest BCUT2D eigenvalue weighted by atomic mass is 16.3. The molecule has 1 aromatic carbocycles. The number of nitrogens with one attached hydrogen (secondary N) is 1. The summed E-state index contributed by atoms with van der Waals surface area (Å²) in [6, 6.07) is 4.33. The van der Waals surface area contributed by atoms with Crippen molar-refractivity contribution >= 4 is 5.91 Å². The summed E-state index contributed by atoms with van der Waals surface area (Å²) >= 11 is 0. The zero-order valence-electron chi connectivity index (χ0n) is 11.9. The highest BCUT2D eigenvalue weighted by Crippen LogP contribution is 2.28. The average Bonchev–Trinajstić information content (AvgIpc) is 2.28. The second-order valence-corrected chi connectivity index (χ2v) is 5.76. The first-order valence-corrected chi connectivity index (χ1v) is 6.17. The van der Waals surface area contributed by atoms with E-state index in [0.29, 0.717) is 6.54 Å². The molecule has 5 nitrogen and oxygen atoms in total. The van der Waals surface area contributed by atoms with Crippen LogP contribution in [0, 0.1) is 5.41 Å². The fourth-order valence-electron chi connectivity index (χ4n) is 2.04. The number of hydrogen-bond donors (Lipinski definition) is 3. The van der Waals surface area contributed by atoms with Crippen LogP contribution >= 0.6 is 0 Å². The molecule has 5 heteroatoms. The molecule has 0 bridgehead atoms. The number of phenols is 2. The molecule has 0 fully saturated rings. The number of hydrogen-bond acceptors (Lipinski definition) is 4. The number of amides is 1. The molecule has 1 amide bonds. The molecule has 106 valence electrons. The van der Waals surface area contributed by atoms with Gasteiger partial charge >= 0.3 is 0 Å². The highest BCUT2D eigenvalue weighted by molar-refractivity contribution is 5.97. The van der Waals surface area contributed by atoms with Crippen molar-refractivity contribution in [1.29, 1.82) is 0 Å². The van der Waals surface area contributed by atoms with Crippen molar-refractivity contribution in [3.63, 3.8) is 0 Å². The average molecular weight is 266 g/mol. The standard InChI is InChI=1S/C14H22N2O3/c1-14(2,9-16(3)4)8-15-13(19)10-6-5-7-11(17)12(10)18/h5-7,17-18H,8-9H2,1-4H3,(H,15,19). The molecule has 0 aliphatic heterocycles. The van der Waals surface area contributed by atoms with Gasteiger partial charge in [-0.25, -0.2) is 0 Å². The molecule has 0 heterocycles. The fourth-order valence-corrected chi connectivity index (χ4v) is 2.04. The summed E-state index contributed by atoms with van der Waals surface area (Å²) in [7, 11) is 3.95. The Kier molecular flexibility index (Phi) is 4.78. The lowest BCUT2D eigenvalue weighted by Gasteiger charge is -2.28. The van der Waals surface area contributed by atoms with Gasteiger partial charge in [0.05, 0.1) is 5.56 Å². The monoisotopic (exact) mass is 266 g/mol. The maximum absolute atomic E-state index is 12.0. The van der Waals surface area contributed by atoms with Gasteiger partial charge in [0, 0.05) is 13.1 Å². The van der Waals surface area contributed by atoms with Crippen LogP contribution in [0.2, 0.25) is 0 Å². The second-order valence-electron chi connectivity index (χ2n) is 5.76. The van der Waals surface area contributed by atoms with E-state index in [4.69, 9.17) is 0 Å². The van der Waals surface area contributed by atoms with Crippen LogP contribution in [0.5, 0.6) is 11.5 Å². The van der Waals surface area contributed by atoms with E-state index in [1.165, 1.54) is 18.2 Å². The third-order valence-corrected chi connectivity index (χ3v) is 2.73. The van der Waals surface area contributed by atoms with Gasteiger partial charge in [0.2, 0.25) is 0 Å². The Balaban J connectivity index is 2.68. The van der Waals surface area contributed by atoms with Crippen molar-refractivity contribution in [2.75, 3.05) is 27.2 Å². The van der Waals surface area contributed by atoms with Crippen LogP contribution in [0.4, 0.5) is 0 Å². The van der Waals surface area contributed by atoms with E-state index in [1.54, 1.807) is 0 Å². The van der Waals surface area contributed by atoms with Gasteiger partial charge in [-0.15, -0.1) is 0 Å². The molecular weight excluding hydrogens is 244 g/mol. The SMILES string of the molecule is CN(C)CC(C)(C)CNC(=O)c1cccc(O)c1O. The van der Waals surface area contributed by atoms with E-state index in [-0.39, 0.29) is 28.4 Å². The first-order valence-electron chi connectivity index (χ1n) is 6.17. The van der Waals surface area contributed by atoms with Crippen molar-refractivity contribution in [1.82, 2.24) is 10.2 Å². The summed E-state index contributed by atoms with van der Waals surface area (Å²) < 4.78 is 0. The van der Waals surface area contributed by atoms with Crippen LogP contribution in [0.25, 0.3) is 0 Å². The Morgan fingerprint density at radius 2 is 1.95 bits per heavy atom. The predicted molar refractivity (Wildman–Crippen MR) is 74.4 cm³/mol. The molecule has 19 heavy (non-hydrogen) atoms. The molecule has 0 aromatic heterocycles. The van der Waals surface area contributed by atoms with Crippen LogP contribution in [-0.2, 0) is 0 Å². The van der Waals surface area contributed by atoms with Gasteiger partial charge in [-0.3, -0.25) is 4.79 Å². The van der Waals surface area contributed by atoms with Crippen molar-refractivity contribution in [2.45, 2.75) is 13.8 Å². The summed E-state index contributed by atoms with van der Waals surface area (Å²) in [4.78, 5) is 14.0. The summed E-state index contributed by atoms with van der Waals surface area (Å²) in [5.74, 6) is -1.06. The smallest absolute Gasteiger partial charge is 0.255 e. The van der Waals surface area contributed by atoms with Crippen molar-refractivity contribution < 1.29 is 15.0 Å². The van der Waals surface area contributed by atoms with E-state index >= 15 is 0 Å². The Labute approximate surface area is 113 Å². The number of phenolic OH excluding ortho intramolecular Hbond substituents is 2. The second kappa shape index (κ2) is 5.93. The van der Waals surface area contributed by atoms with Crippen molar-refractivity contribution in [3.8, 4) is 11.5 Å². The summed E-state index contributed by atoms with van der Waals surface area (Å²) in [6.45, 7) is 5.42. The first kappa shape index (κ1) is 15.3. The molecule has 0 radical (unpaired) electrons. The summed E-state index contributed by atoms with van der Waals surface area (Å²) in [6.07, 6.45) is 0. The minimum absolute atomic E-state index is 0.0778. The highest BCUT2D eigenvalue weighted by Gasteiger charge is 2.21. The molecule has 0 atom stereocenters. The van der Waals surface area contributed by atoms with Crippen LogP contribution in [0.15, 0.2) is 18.2 Å². The van der Waals surface area contributed by atoms with Gasteiger partial charge in [-0.2, -0.15) is 0 Å². The lowest BCUT2D eigenvalue weighted by Crippen LogP contribution is -2.39. The normalized spacial score (nSPS) is 11.6. The van der Waals surface area contributed by atoms with E-state index in [1.807, 2.05) is 14.1 Å². The molecular formula is C14H22N2O3. The Morgan fingerprint density at radius 3 is 2.53 bits per heavy atom. The van der Waals surface area contributed by atoms with E-state index in [9.17, 15) is 15.0 Å². The van der Waals surface area contributed by atoms with Crippen LogP contribution in [-0.4, -0.2) is 48.2 Å². The molecule has 1 aromatic rings. The largest absolute Gasteiger partial charge is 0.504 e. The molecule has 0 unspecified atom stereocenters. The van der Waals surface area contributed by atoms with Crippen molar-refractivity contribution in [2.24, 2.45) is 5.41 Å². The number of para-hydroxylation sites is 1. The number of carbonyl (C=O) groups is 1. The van der Waals surface area contributed by atoms with Gasteiger partial charge < -0.3 is 20.4 Å². The zero-order chi connectivity index (χ0) is 14.6. The summed E-state index contributed by atoms with van der Waals surface area (Å²) in [5, 5.41) is 21.8. The zero-order valence-corrected chi connectivity index (χ0v) is 11.9. The summed E-state index contributed by atoms with van der Waals surface area (Å²) in [5.41, 5.74) is 0.00616. The van der Waals surface area contributed by atoms with Gasteiger partial charge in [0.1, 0.15) is 0 Å². The van der Waals surface area contributed by atoms with Gasteiger partial charge in [0.25, 0.3) is 5.91 Å². The number of benzene rings is 1. The van der Waals surface area contributed by atoms with Crippen LogP contribution in [0.3, 0.4) is 0 Å². The van der Waals surface area contributed by atoms with E-state index in [0.717, 1.165) is 6.54 Å². The van der Waals surface area contributed by atoms with Gasteiger partial charge in [-0.05, 0) is 31.6 Å². The molecule has 0 saturated carbocycles. The third-order valence-electron chi connectivity index (χ3n) is 2.73. The van der Waals surface area contributed by atoms with Crippen LogP contribution < -0.4 is 5.32 Å². The Morgan fingerprint density at radius 1 is 1.32 bits per heavy atom. The fraction of sp³-hybridized carbons (Fsp3) is 0.500. The molecule has 1 rings (SSSR count). The van der Waals surface area contributed by atoms with Gasteiger partial charge in [0.15, 0.2) is 11.5 Å². The Bertz CT molecular complexity index is 456. The molecule has 0 saturated heterocycles. The number of rotatable bonds is 5. The quantitative estimate of drug-likeness (QED) is 0.705. The number of carbonyl (C=O) groups excluding carboxylic acids is 1. The Hall–Kier alpha value is -1.75. The van der Waals surface area contributed by atoms with Gasteiger partial charge in [-0.1, -0.05) is 19.9 Å². The predicted octanol–water partition coefficient (Wildman–Crippen LogP) is 1.42. The lowest BCUT2D eigenvalue weighted by atomic mass is 9.93. The minimum atomic E-state index is -0.389. The minimum Gasteiger partial charge on any atom is -0.504 e. The van der Waals surface area contributed by atoms with E-state index in [2.05, 4.69) is 24.1 Å². The first-order chi connectivity index (χ1) is 8.73. The molecule has 0 aliphatic rings.